The van der Waals surface area contributed by atoms with E-state index in [9.17, 15) is 0 Å². The summed E-state index contributed by atoms with van der Waals surface area (Å²) < 4.78 is 5.20. The molecule has 0 bridgehead atoms. The van der Waals surface area contributed by atoms with Crippen molar-refractivity contribution >= 4 is 0 Å². The maximum Gasteiger partial charge on any atom is 0.0950 e. The van der Waals surface area contributed by atoms with Gasteiger partial charge in [0, 0.05) is 17.6 Å². The first-order valence-electron chi connectivity index (χ1n) is 7.11. The van der Waals surface area contributed by atoms with Crippen molar-refractivity contribution in [3.63, 3.8) is 0 Å². The lowest BCUT2D eigenvalue weighted by Gasteiger charge is -2.24. The molecule has 0 amide bonds. The van der Waals surface area contributed by atoms with Crippen LogP contribution in [0.3, 0.4) is 0 Å². The Labute approximate surface area is 111 Å². The molecular weight excluding hydrogens is 224 g/mol. The molecule has 0 fully saturated rings. The van der Waals surface area contributed by atoms with Crippen molar-refractivity contribution < 1.29 is 4.42 Å². The highest BCUT2D eigenvalue weighted by Crippen LogP contribution is 2.21. The summed E-state index contributed by atoms with van der Waals surface area (Å²) in [5, 5.41) is 7.01. The predicted molar refractivity (Wildman–Crippen MR) is 76.7 cm³/mol. The molecule has 0 radical (unpaired) electrons. The van der Waals surface area contributed by atoms with Crippen molar-refractivity contribution in [3.05, 3.63) is 24.2 Å². The van der Waals surface area contributed by atoms with Crippen LogP contribution in [0, 0.1) is 5.92 Å². The zero-order valence-electron chi connectivity index (χ0n) is 12.2. The van der Waals surface area contributed by atoms with Crippen molar-refractivity contribution in [1.29, 1.82) is 0 Å². The lowest BCUT2D eigenvalue weighted by molar-refractivity contribution is 0.362. The number of hydrogen-bond donors (Lipinski definition) is 2. The monoisotopic (exact) mass is 252 g/mol. The van der Waals surface area contributed by atoms with Crippen molar-refractivity contribution in [2.45, 2.75) is 52.1 Å². The summed E-state index contributed by atoms with van der Waals surface area (Å²) in [4.78, 5) is 0. The minimum Gasteiger partial charge on any atom is -0.472 e. The summed E-state index contributed by atoms with van der Waals surface area (Å²) in [6, 6.07) is 3.07. The molecule has 1 aromatic rings. The van der Waals surface area contributed by atoms with E-state index < -0.39 is 0 Å². The highest BCUT2D eigenvalue weighted by atomic mass is 16.3. The number of furan rings is 1. The first kappa shape index (κ1) is 15.3. The quantitative estimate of drug-likeness (QED) is 0.708. The van der Waals surface area contributed by atoms with Crippen LogP contribution >= 0.6 is 0 Å². The van der Waals surface area contributed by atoms with Crippen molar-refractivity contribution in [2.24, 2.45) is 5.92 Å². The molecule has 3 nitrogen and oxygen atoms in total. The Hall–Kier alpha value is -0.800. The molecule has 104 valence electrons. The Bertz CT molecular complexity index is 295. The van der Waals surface area contributed by atoms with E-state index in [2.05, 4.69) is 44.5 Å². The van der Waals surface area contributed by atoms with Gasteiger partial charge in [0.25, 0.3) is 0 Å². The maximum absolute atomic E-state index is 5.20. The summed E-state index contributed by atoms with van der Waals surface area (Å²) in [7, 11) is 2.05. The van der Waals surface area contributed by atoms with E-state index in [-0.39, 0.29) is 0 Å². The maximum atomic E-state index is 5.20. The van der Waals surface area contributed by atoms with Crippen molar-refractivity contribution in [3.8, 4) is 0 Å². The highest BCUT2D eigenvalue weighted by Gasteiger charge is 2.16. The molecule has 18 heavy (non-hydrogen) atoms. The molecule has 0 aromatic carbocycles. The SMILES string of the molecule is CCCNC(CCC(NC)C(C)C)c1ccoc1. The largest absolute Gasteiger partial charge is 0.472 e. The van der Waals surface area contributed by atoms with E-state index in [1.54, 1.807) is 6.26 Å². The summed E-state index contributed by atoms with van der Waals surface area (Å²) in [6.45, 7) is 7.80. The standard InChI is InChI=1S/C15H28N2O/c1-5-9-17-15(13-8-10-18-11-13)7-6-14(16-4)12(2)3/h8,10-12,14-17H,5-7,9H2,1-4H3. The molecule has 2 atom stereocenters. The fourth-order valence-electron chi connectivity index (χ4n) is 2.34. The van der Waals surface area contributed by atoms with Crippen molar-refractivity contribution in [2.75, 3.05) is 13.6 Å². The smallest absolute Gasteiger partial charge is 0.0950 e. The molecule has 2 unspecified atom stereocenters. The third-order valence-corrected chi connectivity index (χ3v) is 3.53. The topological polar surface area (TPSA) is 37.2 Å². The lowest BCUT2D eigenvalue weighted by atomic mass is 9.95. The molecule has 3 heteroatoms. The zero-order valence-corrected chi connectivity index (χ0v) is 12.2. The molecule has 0 aliphatic carbocycles. The number of rotatable bonds is 9. The Balaban J connectivity index is 2.51. The van der Waals surface area contributed by atoms with Gasteiger partial charge in [-0.2, -0.15) is 0 Å². The van der Waals surface area contributed by atoms with E-state index in [1.165, 1.54) is 12.0 Å². The van der Waals surface area contributed by atoms with Gasteiger partial charge in [-0.3, -0.25) is 0 Å². The van der Waals surface area contributed by atoms with Crippen LogP contribution < -0.4 is 10.6 Å². The molecule has 1 heterocycles. The number of hydrogen-bond acceptors (Lipinski definition) is 3. The van der Waals surface area contributed by atoms with Crippen LogP contribution in [0.2, 0.25) is 0 Å². The molecule has 0 aliphatic rings. The fraction of sp³-hybridized carbons (Fsp3) is 0.733. The van der Waals surface area contributed by atoms with Crippen molar-refractivity contribution in [1.82, 2.24) is 10.6 Å². The minimum absolute atomic E-state index is 0.415. The van der Waals surface area contributed by atoms with E-state index in [1.807, 2.05) is 6.26 Å². The highest BCUT2D eigenvalue weighted by molar-refractivity contribution is 5.11. The lowest BCUT2D eigenvalue weighted by Crippen LogP contribution is -2.32. The van der Waals surface area contributed by atoms with Crippen LogP contribution in [0.15, 0.2) is 23.0 Å². The Morgan fingerprint density at radius 2 is 2.06 bits per heavy atom. The summed E-state index contributed by atoms with van der Waals surface area (Å²) in [5.74, 6) is 0.672. The van der Waals surface area contributed by atoms with Crippen LogP contribution in [0.25, 0.3) is 0 Å². The van der Waals surface area contributed by atoms with Crippen LogP contribution in [0.5, 0.6) is 0 Å². The van der Waals surface area contributed by atoms with Gasteiger partial charge in [0.05, 0.1) is 12.5 Å². The van der Waals surface area contributed by atoms with E-state index in [0.717, 1.165) is 19.4 Å². The van der Waals surface area contributed by atoms with Gasteiger partial charge in [0.15, 0.2) is 0 Å². The second kappa shape index (κ2) is 8.33. The van der Waals surface area contributed by atoms with Crippen LogP contribution in [0.1, 0.15) is 51.6 Å². The fourth-order valence-corrected chi connectivity index (χ4v) is 2.34. The zero-order chi connectivity index (χ0) is 13.4. The third-order valence-electron chi connectivity index (χ3n) is 3.53. The average molecular weight is 252 g/mol. The third kappa shape index (κ3) is 4.83. The van der Waals surface area contributed by atoms with Gasteiger partial charge < -0.3 is 15.1 Å². The molecule has 0 saturated heterocycles. The summed E-state index contributed by atoms with van der Waals surface area (Å²) in [6.07, 6.45) is 7.10. The van der Waals surface area contributed by atoms with Gasteiger partial charge in [-0.25, -0.2) is 0 Å². The first-order valence-corrected chi connectivity index (χ1v) is 7.11. The molecule has 2 N–H and O–H groups in total. The molecule has 1 aromatic heterocycles. The second-order valence-electron chi connectivity index (χ2n) is 5.28. The van der Waals surface area contributed by atoms with Gasteiger partial charge in [0.2, 0.25) is 0 Å². The Kier molecular flexibility index (Phi) is 7.06. The van der Waals surface area contributed by atoms with E-state index in [4.69, 9.17) is 4.42 Å². The summed E-state index contributed by atoms with van der Waals surface area (Å²) >= 11 is 0. The van der Waals surface area contributed by atoms with Gasteiger partial charge in [0.1, 0.15) is 0 Å². The van der Waals surface area contributed by atoms with Crippen LogP contribution in [0.4, 0.5) is 0 Å². The summed E-state index contributed by atoms with van der Waals surface area (Å²) in [5.41, 5.74) is 1.27. The Morgan fingerprint density at radius 3 is 2.56 bits per heavy atom. The predicted octanol–water partition coefficient (Wildman–Crippen LogP) is 3.34. The van der Waals surface area contributed by atoms with Crippen LogP contribution in [-0.4, -0.2) is 19.6 Å². The normalized spacial score (nSPS) is 14.9. The van der Waals surface area contributed by atoms with Crippen LogP contribution in [-0.2, 0) is 0 Å². The average Bonchev–Trinajstić information content (AvgIpc) is 2.87. The van der Waals surface area contributed by atoms with Gasteiger partial charge in [-0.05, 0) is 44.8 Å². The molecule has 0 spiro atoms. The molecule has 0 saturated carbocycles. The van der Waals surface area contributed by atoms with E-state index in [0.29, 0.717) is 18.0 Å². The molecule has 0 aliphatic heterocycles. The van der Waals surface area contributed by atoms with Gasteiger partial charge in [-0.15, -0.1) is 0 Å². The first-order chi connectivity index (χ1) is 8.69. The van der Waals surface area contributed by atoms with E-state index >= 15 is 0 Å². The molecule has 1 rings (SSSR count). The minimum atomic E-state index is 0.415. The molecular formula is C15H28N2O. The Morgan fingerprint density at radius 1 is 1.28 bits per heavy atom. The van der Waals surface area contributed by atoms with Gasteiger partial charge in [-0.1, -0.05) is 20.8 Å². The van der Waals surface area contributed by atoms with Gasteiger partial charge >= 0.3 is 0 Å². The second-order valence-corrected chi connectivity index (χ2v) is 5.28. The number of nitrogens with one attached hydrogen (secondary N) is 2.